The number of hydrogen-bond acceptors (Lipinski definition) is 7. The Balaban J connectivity index is 1.69. The minimum Gasteiger partial charge on any atom is -0.493 e. The van der Waals surface area contributed by atoms with Crippen molar-refractivity contribution in [1.29, 1.82) is 0 Å². The summed E-state index contributed by atoms with van der Waals surface area (Å²) < 4.78 is 16.6. The molecule has 2 amide bonds. The van der Waals surface area contributed by atoms with Crippen molar-refractivity contribution in [2.24, 2.45) is 0 Å². The maximum absolute atomic E-state index is 12.7. The lowest BCUT2D eigenvalue weighted by Crippen LogP contribution is -2.29. The Morgan fingerprint density at radius 2 is 1.97 bits per heavy atom. The number of nitrogens with one attached hydrogen (secondary N) is 1. The molecule has 0 atom stereocenters. The summed E-state index contributed by atoms with van der Waals surface area (Å²) in [6, 6.07) is 10.8. The molecular weight excluding hydrogens is 496 g/mol. The first kappa shape index (κ1) is 26.0. The van der Waals surface area contributed by atoms with Gasteiger partial charge in [-0.3, -0.25) is 14.5 Å². The van der Waals surface area contributed by atoms with Gasteiger partial charge in [-0.15, -0.1) is 0 Å². The summed E-state index contributed by atoms with van der Waals surface area (Å²) in [6.07, 6.45) is 2.40. The smallest absolute Gasteiger partial charge is 0.266 e. The van der Waals surface area contributed by atoms with E-state index in [0.717, 1.165) is 5.56 Å². The molecule has 1 aliphatic heterocycles. The number of anilines is 1. The highest BCUT2D eigenvalue weighted by atomic mass is 35.5. The fraction of sp³-hybridized carbons (Fsp3) is 0.292. The van der Waals surface area contributed by atoms with Crippen molar-refractivity contribution >= 4 is 63.5 Å². The number of rotatable bonds is 10. The van der Waals surface area contributed by atoms with Crippen LogP contribution in [-0.4, -0.2) is 55.0 Å². The highest BCUT2D eigenvalue weighted by molar-refractivity contribution is 8.26. The Labute approximate surface area is 213 Å². The maximum atomic E-state index is 12.7. The number of benzene rings is 2. The lowest BCUT2D eigenvalue weighted by atomic mass is 10.1. The molecule has 1 saturated heterocycles. The quantitative estimate of drug-likeness (QED) is 0.271. The number of ether oxygens (including phenoxy) is 3. The Bertz CT molecular complexity index is 1110. The molecule has 1 heterocycles. The van der Waals surface area contributed by atoms with E-state index in [2.05, 4.69) is 5.32 Å². The number of halogens is 1. The Morgan fingerprint density at radius 1 is 1.24 bits per heavy atom. The number of hydrogen-bond donors (Lipinski definition) is 1. The zero-order valence-corrected chi connectivity index (χ0v) is 21.4. The van der Waals surface area contributed by atoms with Crippen LogP contribution in [0.5, 0.6) is 11.5 Å². The molecule has 0 spiro atoms. The number of thioether (sulfide) groups is 1. The van der Waals surface area contributed by atoms with Gasteiger partial charge >= 0.3 is 0 Å². The van der Waals surface area contributed by atoms with Gasteiger partial charge in [-0.1, -0.05) is 53.3 Å². The molecular formula is C24H25ClN2O5S2. The van der Waals surface area contributed by atoms with Crippen LogP contribution < -0.4 is 14.8 Å². The van der Waals surface area contributed by atoms with Crippen LogP contribution in [-0.2, 0) is 14.3 Å². The maximum Gasteiger partial charge on any atom is 0.266 e. The van der Waals surface area contributed by atoms with E-state index in [1.54, 1.807) is 30.2 Å². The second kappa shape index (κ2) is 12.2. The van der Waals surface area contributed by atoms with E-state index in [0.29, 0.717) is 45.8 Å². The summed E-state index contributed by atoms with van der Waals surface area (Å²) >= 11 is 13.0. The SMILES string of the molecule is COCCCN1C(=O)/C(=C/c2cc(Cl)c(OCC(=O)Nc3ccc(C)cc3)c(OC)c2)SC1=S. The van der Waals surface area contributed by atoms with Crippen LogP contribution in [0.15, 0.2) is 41.3 Å². The lowest BCUT2D eigenvalue weighted by Gasteiger charge is -2.14. The van der Waals surface area contributed by atoms with E-state index < -0.39 is 0 Å². The van der Waals surface area contributed by atoms with Crippen LogP contribution in [0.4, 0.5) is 5.69 Å². The molecule has 34 heavy (non-hydrogen) atoms. The molecule has 10 heteroatoms. The number of carbonyl (C=O) groups is 2. The third kappa shape index (κ3) is 6.73. The first-order chi connectivity index (χ1) is 16.3. The fourth-order valence-electron chi connectivity index (χ4n) is 3.15. The topological polar surface area (TPSA) is 77.1 Å². The predicted molar refractivity (Wildman–Crippen MR) is 140 cm³/mol. The molecule has 180 valence electrons. The summed E-state index contributed by atoms with van der Waals surface area (Å²) in [5, 5.41) is 3.02. The highest BCUT2D eigenvalue weighted by Gasteiger charge is 2.31. The molecule has 1 fully saturated rings. The van der Waals surface area contributed by atoms with Crippen molar-refractivity contribution < 1.29 is 23.8 Å². The van der Waals surface area contributed by atoms with Crippen LogP contribution in [0.3, 0.4) is 0 Å². The van der Waals surface area contributed by atoms with Gasteiger partial charge in [0.25, 0.3) is 11.8 Å². The van der Waals surface area contributed by atoms with Crippen LogP contribution in [0.2, 0.25) is 5.02 Å². The summed E-state index contributed by atoms with van der Waals surface area (Å²) in [4.78, 5) is 27.1. The minimum absolute atomic E-state index is 0.158. The molecule has 1 N–H and O–H groups in total. The van der Waals surface area contributed by atoms with Gasteiger partial charge in [0.05, 0.1) is 17.0 Å². The van der Waals surface area contributed by atoms with Crippen LogP contribution in [0, 0.1) is 6.92 Å². The molecule has 2 aromatic rings. The molecule has 0 radical (unpaired) electrons. The van der Waals surface area contributed by atoms with E-state index >= 15 is 0 Å². The third-order valence-corrected chi connectivity index (χ3v) is 6.49. The first-order valence-electron chi connectivity index (χ1n) is 10.4. The van der Waals surface area contributed by atoms with Gasteiger partial charge in [0, 0.05) is 25.9 Å². The summed E-state index contributed by atoms with van der Waals surface area (Å²) in [5.41, 5.74) is 2.42. The van der Waals surface area contributed by atoms with E-state index in [9.17, 15) is 9.59 Å². The van der Waals surface area contributed by atoms with Gasteiger partial charge in [-0.2, -0.15) is 0 Å². The lowest BCUT2D eigenvalue weighted by molar-refractivity contribution is -0.122. The standard InChI is InChI=1S/C24H25ClN2O5S2/c1-15-5-7-17(8-6-15)26-21(28)14-32-22-18(25)11-16(12-19(22)31-3)13-20-23(29)27(24(33)34-20)9-4-10-30-2/h5-8,11-13H,4,9-10,14H2,1-3H3,(H,26,28)/b20-13-. The van der Waals surface area contributed by atoms with Crippen molar-refractivity contribution in [3.63, 3.8) is 0 Å². The van der Waals surface area contributed by atoms with Crippen LogP contribution in [0.1, 0.15) is 17.5 Å². The number of thiocarbonyl (C=S) groups is 1. The first-order valence-corrected chi connectivity index (χ1v) is 12.0. The average molecular weight is 521 g/mol. The highest BCUT2D eigenvalue weighted by Crippen LogP contribution is 2.39. The summed E-state index contributed by atoms with van der Waals surface area (Å²) in [7, 11) is 3.09. The molecule has 0 bridgehead atoms. The van der Waals surface area contributed by atoms with Crippen LogP contribution in [0.25, 0.3) is 6.08 Å². The normalized spacial score (nSPS) is 14.6. The van der Waals surface area contributed by atoms with Gasteiger partial charge < -0.3 is 19.5 Å². The van der Waals surface area contributed by atoms with Crippen molar-refractivity contribution in [3.05, 3.63) is 57.5 Å². The molecule has 0 aromatic heterocycles. The van der Waals surface area contributed by atoms with Gasteiger partial charge in [-0.05, 0) is 49.2 Å². The van der Waals surface area contributed by atoms with Crippen molar-refractivity contribution in [2.75, 3.05) is 39.3 Å². The second-order valence-electron chi connectivity index (χ2n) is 7.42. The van der Waals surface area contributed by atoms with Crippen molar-refractivity contribution in [3.8, 4) is 11.5 Å². The fourth-order valence-corrected chi connectivity index (χ4v) is 4.73. The number of nitrogens with zero attached hydrogens (tertiary/aromatic N) is 1. The largest absolute Gasteiger partial charge is 0.493 e. The Kier molecular flexibility index (Phi) is 9.35. The molecule has 0 saturated carbocycles. The van der Waals surface area contributed by atoms with Gasteiger partial charge in [-0.25, -0.2) is 0 Å². The predicted octanol–water partition coefficient (Wildman–Crippen LogP) is 4.91. The van der Waals surface area contributed by atoms with E-state index in [1.165, 1.54) is 18.9 Å². The van der Waals surface area contributed by atoms with Gasteiger partial charge in [0.2, 0.25) is 0 Å². The van der Waals surface area contributed by atoms with Crippen molar-refractivity contribution in [2.45, 2.75) is 13.3 Å². The van der Waals surface area contributed by atoms with E-state index in [4.69, 9.17) is 38.0 Å². The molecule has 3 rings (SSSR count). The monoisotopic (exact) mass is 520 g/mol. The molecule has 0 unspecified atom stereocenters. The number of amides is 2. The van der Waals surface area contributed by atoms with Gasteiger partial charge in [0.1, 0.15) is 4.32 Å². The van der Waals surface area contributed by atoms with E-state index in [1.807, 2.05) is 31.2 Å². The zero-order valence-electron chi connectivity index (χ0n) is 19.1. The van der Waals surface area contributed by atoms with Crippen molar-refractivity contribution in [1.82, 2.24) is 4.90 Å². The second-order valence-corrected chi connectivity index (χ2v) is 9.50. The van der Waals surface area contributed by atoms with Gasteiger partial charge in [0.15, 0.2) is 18.1 Å². The van der Waals surface area contributed by atoms with E-state index in [-0.39, 0.29) is 29.2 Å². The number of carbonyl (C=O) groups excluding carboxylic acids is 2. The molecule has 7 nitrogen and oxygen atoms in total. The number of aryl methyl sites for hydroxylation is 1. The Morgan fingerprint density at radius 3 is 2.65 bits per heavy atom. The van der Waals surface area contributed by atoms with Crippen LogP contribution >= 0.6 is 35.6 Å². The minimum atomic E-state index is -0.330. The molecule has 2 aromatic carbocycles. The number of methoxy groups -OCH3 is 2. The Hall–Kier alpha value is -2.59. The molecule has 1 aliphatic rings. The third-order valence-electron chi connectivity index (χ3n) is 4.84. The summed E-state index contributed by atoms with van der Waals surface area (Å²) in [5.74, 6) is 0.0995. The molecule has 0 aliphatic carbocycles. The average Bonchev–Trinajstić information content (AvgIpc) is 3.07. The summed E-state index contributed by atoms with van der Waals surface area (Å²) in [6.45, 7) is 2.77. The zero-order chi connectivity index (χ0) is 24.7.